The first kappa shape index (κ1) is 20.1. The summed E-state index contributed by atoms with van der Waals surface area (Å²) in [5.41, 5.74) is 12.2. The van der Waals surface area contributed by atoms with Gasteiger partial charge in [-0.15, -0.1) is 5.10 Å². The number of aryl methyl sites for hydroxylation is 2. The van der Waals surface area contributed by atoms with Crippen molar-refractivity contribution in [2.75, 3.05) is 6.54 Å². The first-order valence-electron chi connectivity index (χ1n) is 9.52. The third kappa shape index (κ3) is 4.28. The van der Waals surface area contributed by atoms with Crippen molar-refractivity contribution in [2.24, 2.45) is 21.2 Å². The van der Waals surface area contributed by atoms with Crippen LogP contribution in [-0.4, -0.2) is 23.1 Å². The topological polar surface area (TPSA) is 83.3 Å². The van der Waals surface area contributed by atoms with Gasteiger partial charge in [0.05, 0.1) is 12.1 Å². The zero-order valence-corrected chi connectivity index (χ0v) is 16.9. The Bertz CT molecular complexity index is 935. The highest BCUT2D eigenvalue weighted by molar-refractivity contribution is 5.98. The Morgan fingerprint density at radius 3 is 2.43 bits per heavy atom. The van der Waals surface area contributed by atoms with E-state index in [9.17, 15) is 9.50 Å². The largest absolute Gasteiger partial charge is 0.388 e. The molecule has 0 spiro atoms. The summed E-state index contributed by atoms with van der Waals surface area (Å²) in [7, 11) is 0. The molecular formula is C22H27FN4O. The van der Waals surface area contributed by atoms with E-state index in [1.165, 1.54) is 0 Å². The standard InChI is InChI=1S/C22H27FN4O/c1-13-10-15(21(24)26-27-25-12-22(3,4)28)11-14(2)20(13)18-8-9-19(23)17-7-5-6-16(17)18/h8-11,28H,5-7,12H2,1-4H3,(H2,24,25,26). The fourth-order valence-corrected chi connectivity index (χ4v) is 3.77. The minimum atomic E-state index is -0.933. The lowest BCUT2D eigenvalue weighted by atomic mass is 9.89. The van der Waals surface area contributed by atoms with Crippen LogP contribution in [0.25, 0.3) is 11.1 Å². The van der Waals surface area contributed by atoms with Crippen LogP contribution in [0.3, 0.4) is 0 Å². The monoisotopic (exact) mass is 382 g/mol. The second-order valence-electron chi connectivity index (χ2n) is 8.08. The summed E-state index contributed by atoms with van der Waals surface area (Å²) >= 11 is 0. The number of nitrogens with zero attached hydrogens (tertiary/aromatic N) is 3. The molecule has 1 aliphatic carbocycles. The third-order valence-electron chi connectivity index (χ3n) is 5.00. The van der Waals surface area contributed by atoms with Crippen molar-refractivity contribution in [3.05, 3.63) is 57.9 Å². The Morgan fingerprint density at radius 2 is 1.79 bits per heavy atom. The molecule has 2 aromatic carbocycles. The lowest BCUT2D eigenvalue weighted by molar-refractivity contribution is 0.0886. The van der Waals surface area contributed by atoms with Gasteiger partial charge in [-0.1, -0.05) is 6.07 Å². The molecule has 0 saturated heterocycles. The van der Waals surface area contributed by atoms with E-state index in [-0.39, 0.29) is 18.2 Å². The van der Waals surface area contributed by atoms with Crippen LogP contribution in [0.1, 0.15) is 48.1 Å². The normalized spacial score (nSPS) is 14.7. The Labute approximate surface area is 165 Å². The quantitative estimate of drug-likeness (QED) is 0.347. The van der Waals surface area contributed by atoms with E-state index in [4.69, 9.17) is 5.73 Å². The van der Waals surface area contributed by atoms with E-state index in [1.54, 1.807) is 19.9 Å². The van der Waals surface area contributed by atoms with Gasteiger partial charge in [-0.3, -0.25) is 0 Å². The molecule has 0 heterocycles. The number of rotatable bonds is 5. The predicted molar refractivity (Wildman–Crippen MR) is 110 cm³/mol. The zero-order chi connectivity index (χ0) is 20.5. The fraction of sp³-hybridized carbons (Fsp3) is 0.409. The number of aliphatic hydroxyl groups is 1. The summed E-state index contributed by atoms with van der Waals surface area (Å²) in [6.45, 7) is 7.50. The highest BCUT2D eigenvalue weighted by atomic mass is 19.1. The highest BCUT2D eigenvalue weighted by Crippen LogP contribution is 2.37. The average molecular weight is 382 g/mol. The summed E-state index contributed by atoms with van der Waals surface area (Å²) in [6.07, 6.45) is 2.71. The maximum atomic E-state index is 14.1. The van der Waals surface area contributed by atoms with E-state index in [2.05, 4.69) is 15.4 Å². The smallest absolute Gasteiger partial charge is 0.155 e. The van der Waals surface area contributed by atoms with Gasteiger partial charge in [0, 0.05) is 5.56 Å². The van der Waals surface area contributed by atoms with Crippen LogP contribution in [0.15, 0.2) is 39.7 Å². The molecule has 0 saturated carbocycles. The van der Waals surface area contributed by atoms with Crippen LogP contribution < -0.4 is 5.73 Å². The number of benzene rings is 2. The molecule has 0 atom stereocenters. The van der Waals surface area contributed by atoms with Crippen LogP contribution in [0, 0.1) is 19.7 Å². The molecule has 28 heavy (non-hydrogen) atoms. The van der Waals surface area contributed by atoms with Gasteiger partial charge in [-0.2, -0.15) is 5.11 Å². The van der Waals surface area contributed by atoms with E-state index < -0.39 is 5.60 Å². The number of amidine groups is 1. The molecule has 1 aliphatic rings. The van der Waals surface area contributed by atoms with Gasteiger partial charge in [-0.05, 0) is 104 Å². The van der Waals surface area contributed by atoms with E-state index in [0.29, 0.717) is 0 Å². The first-order chi connectivity index (χ1) is 13.2. The maximum Gasteiger partial charge on any atom is 0.155 e. The summed E-state index contributed by atoms with van der Waals surface area (Å²) in [5.74, 6) is 0.164. The van der Waals surface area contributed by atoms with Gasteiger partial charge in [0.2, 0.25) is 0 Å². The van der Waals surface area contributed by atoms with Gasteiger partial charge < -0.3 is 10.8 Å². The molecule has 0 unspecified atom stereocenters. The number of nitrogens with two attached hydrogens (primary N) is 1. The summed E-state index contributed by atoms with van der Waals surface area (Å²) < 4.78 is 14.1. The minimum absolute atomic E-state index is 0.101. The lowest BCUT2D eigenvalue weighted by Gasteiger charge is -2.16. The van der Waals surface area contributed by atoms with Gasteiger partial charge in [0.15, 0.2) is 5.84 Å². The van der Waals surface area contributed by atoms with Crippen molar-refractivity contribution in [2.45, 2.75) is 52.6 Å². The van der Waals surface area contributed by atoms with Gasteiger partial charge in [0.1, 0.15) is 5.82 Å². The Hall–Kier alpha value is -2.60. The molecule has 0 amide bonds. The second-order valence-corrected chi connectivity index (χ2v) is 8.08. The second kappa shape index (κ2) is 7.80. The van der Waals surface area contributed by atoms with Crippen molar-refractivity contribution < 1.29 is 9.50 Å². The molecular weight excluding hydrogens is 355 g/mol. The van der Waals surface area contributed by atoms with Crippen LogP contribution >= 0.6 is 0 Å². The SMILES string of the molecule is Cc1cc(C(N)=NN=NCC(C)(C)O)cc(C)c1-c1ccc(F)c2c1CCC2. The van der Waals surface area contributed by atoms with Crippen molar-refractivity contribution >= 4 is 5.84 Å². The molecule has 5 nitrogen and oxygen atoms in total. The number of hydrogen-bond acceptors (Lipinski definition) is 3. The third-order valence-corrected chi connectivity index (χ3v) is 5.00. The molecule has 0 radical (unpaired) electrons. The van der Waals surface area contributed by atoms with Crippen molar-refractivity contribution in [3.63, 3.8) is 0 Å². The lowest BCUT2D eigenvalue weighted by Crippen LogP contribution is -2.22. The predicted octanol–water partition coefficient (Wildman–Crippen LogP) is 4.44. The van der Waals surface area contributed by atoms with Gasteiger partial charge >= 0.3 is 0 Å². The Kier molecular flexibility index (Phi) is 5.61. The Balaban J connectivity index is 1.94. The van der Waals surface area contributed by atoms with Crippen molar-refractivity contribution in [3.8, 4) is 11.1 Å². The summed E-state index contributed by atoms with van der Waals surface area (Å²) in [6, 6.07) is 7.40. The van der Waals surface area contributed by atoms with E-state index in [0.717, 1.165) is 58.2 Å². The highest BCUT2D eigenvalue weighted by Gasteiger charge is 2.21. The van der Waals surface area contributed by atoms with Gasteiger partial charge in [0.25, 0.3) is 0 Å². The molecule has 6 heteroatoms. The van der Waals surface area contributed by atoms with Crippen molar-refractivity contribution in [1.82, 2.24) is 0 Å². The molecule has 0 fully saturated rings. The minimum Gasteiger partial charge on any atom is -0.388 e. The average Bonchev–Trinajstić information content (AvgIpc) is 3.09. The van der Waals surface area contributed by atoms with Crippen molar-refractivity contribution in [1.29, 1.82) is 0 Å². The van der Waals surface area contributed by atoms with E-state index in [1.807, 2.05) is 32.0 Å². The molecule has 148 valence electrons. The van der Waals surface area contributed by atoms with Crippen LogP contribution in [-0.2, 0) is 12.8 Å². The summed E-state index contributed by atoms with van der Waals surface area (Å²) in [4.78, 5) is 0. The Morgan fingerprint density at radius 1 is 1.14 bits per heavy atom. The molecule has 0 aromatic heterocycles. The summed E-state index contributed by atoms with van der Waals surface area (Å²) in [5, 5.41) is 21.1. The molecule has 3 rings (SSSR count). The number of halogens is 1. The van der Waals surface area contributed by atoms with Crippen LogP contribution in [0.5, 0.6) is 0 Å². The first-order valence-corrected chi connectivity index (χ1v) is 9.52. The molecule has 3 N–H and O–H groups in total. The maximum absolute atomic E-state index is 14.1. The van der Waals surface area contributed by atoms with E-state index >= 15 is 0 Å². The molecule has 0 bridgehead atoms. The zero-order valence-electron chi connectivity index (χ0n) is 16.9. The van der Waals surface area contributed by atoms with Gasteiger partial charge in [-0.25, -0.2) is 4.39 Å². The molecule has 0 aliphatic heterocycles. The number of hydrogen-bond donors (Lipinski definition) is 2. The number of fused-ring (bicyclic) bond motifs is 1. The van der Waals surface area contributed by atoms with Crippen LogP contribution in [0.4, 0.5) is 4.39 Å². The molecule has 2 aromatic rings. The van der Waals surface area contributed by atoms with Crippen LogP contribution in [0.2, 0.25) is 0 Å². The fourth-order valence-electron chi connectivity index (χ4n) is 3.77.